The first-order valence-corrected chi connectivity index (χ1v) is 20.1. The number of ether oxygens (including phenoxy) is 2. The average Bonchev–Trinajstić information content (AvgIpc) is 3.43. The molecule has 2 N–H and O–H groups in total. The van der Waals surface area contributed by atoms with Crippen LogP contribution in [0.25, 0.3) is 0 Å². The number of rotatable bonds is 20. The molecule has 288 valence electrons. The number of amides is 1. The molecule has 2 aromatic rings. The van der Waals surface area contributed by atoms with Gasteiger partial charge in [0.2, 0.25) is 11.6 Å². The lowest BCUT2D eigenvalue weighted by molar-refractivity contribution is -0.401. The molecular weight excluding hydrogens is 691 g/mol. The smallest absolute Gasteiger partial charge is 0.294 e. The van der Waals surface area contributed by atoms with Gasteiger partial charge in [-0.3, -0.25) is 14.1 Å². The zero-order chi connectivity index (χ0) is 38.8. The third-order valence-corrected chi connectivity index (χ3v) is 11.1. The highest BCUT2D eigenvalue weighted by Gasteiger charge is 2.43. The van der Waals surface area contributed by atoms with Gasteiger partial charge in [0.25, 0.3) is 10.1 Å². The van der Waals surface area contributed by atoms with Gasteiger partial charge < -0.3 is 19.7 Å². The Morgan fingerprint density at radius 3 is 2.34 bits per heavy atom. The van der Waals surface area contributed by atoms with Gasteiger partial charge >= 0.3 is 0 Å². The molecule has 0 saturated carbocycles. The second kappa shape index (κ2) is 18.4. The van der Waals surface area contributed by atoms with Crippen LogP contribution in [0.4, 0.5) is 11.4 Å². The second-order valence-corrected chi connectivity index (χ2v) is 16.3. The van der Waals surface area contributed by atoms with Crippen LogP contribution in [0.15, 0.2) is 77.4 Å². The maximum atomic E-state index is 12.4. The number of Topliss-reactive ketones (excluding diaryl/α,β-unsaturated/α-hetero) is 1. The van der Waals surface area contributed by atoms with Crippen molar-refractivity contribution >= 4 is 38.9 Å². The van der Waals surface area contributed by atoms with Crippen LogP contribution in [-0.4, -0.2) is 81.5 Å². The summed E-state index contributed by atoms with van der Waals surface area (Å²) in [7, 11) is -2.25. The summed E-state index contributed by atoms with van der Waals surface area (Å²) in [5, 5.41) is 2.90. The molecule has 1 amide bonds. The number of ketones is 1. The monoisotopic (exact) mass is 748 g/mol. The molecular formula is C42H58N3O7S+. The Kier molecular flexibility index (Phi) is 14.5. The molecule has 53 heavy (non-hydrogen) atoms. The number of fused-ring (bicyclic) bond motifs is 2. The van der Waals surface area contributed by atoms with E-state index < -0.39 is 15.5 Å². The third kappa shape index (κ3) is 10.6. The molecule has 2 aromatic carbocycles. The molecule has 0 atom stereocenters. The van der Waals surface area contributed by atoms with Gasteiger partial charge in [0.1, 0.15) is 12.8 Å². The molecule has 10 nitrogen and oxygen atoms in total. The van der Waals surface area contributed by atoms with Crippen molar-refractivity contribution in [3.8, 4) is 0 Å². The molecule has 0 saturated heterocycles. The molecule has 0 spiro atoms. The van der Waals surface area contributed by atoms with Crippen LogP contribution in [0.1, 0.15) is 89.8 Å². The molecule has 0 unspecified atom stereocenters. The van der Waals surface area contributed by atoms with Gasteiger partial charge in [0.15, 0.2) is 5.71 Å². The number of hydrogen-bond acceptors (Lipinski definition) is 7. The summed E-state index contributed by atoms with van der Waals surface area (Å²) in [6.07, 6.45) is 14.1. The summed E-state index contributed by atoms with van der Waals surface area (Å²) < 4.78 is 47.0. The second-order valence-electron chi connectivity index (χ2n) is 14.8. The van der Waals surface area contributed by atoms with Gasteiger partial charge in [-0.2, -0.15) is 13.0 Å². The van der Waals surface area contributed by atoms with Gasteiger partial charge in [-0.1, -0.05) is 57.0 Å². The zero-order valence-electron chi connectivity index (χ0n) is 32.5. The van der Waals surface area contributed by atoms with E-state index in [4.69, 9.17) is 9.47 Å². The molecule has 11 heteroatoms. The number of aryl methyl sites for hydroxylation is 1. The minimum atomic E-state index is -4.36. The minimum absolute atomic E-state index is 0.0172. The average molecular weight is 749 g/mol. The van der Waals surface area contributed by atoms with E-state index in [9.17, 15) is 22.6 Å². The van der Waals surface area contributed by atoms with E-state index in [-0.39, 0.29) is 22.0 Å². The zero-order valence-corrected chi connectivity index (χ0v) is 33.4. The summed E-state index contributed by atoms with van der Waals surface area (Å²) in [4.78, 5) is 25.8. The van der Waals surface area contributed by atoms with E-state index in [1.54, 1.807) is 12.1 Å². The molecule has 2 heterocycles. The fourth-order valence-corrected chi connectivity index (χ4v) is 7.64. The van der Waals surface area contributed by atoms with Crippen LogP contribution in [0.5, 0.6) is 0 Å². The highest BCUT2D eigenvalue weighted by Crippen LogP contribution is 2.48. The predicted octanol–water partition coefficient (Wildman–Crippen LogP) is 7.12. The van der Waals surface area contributed by atoms with Crippen molar-refractivity contribution < 1.29 is 36.6 Å². The Bertz CT molecular complexity index is 1870. The van der Waals surface area contributed by atoms with Crippen LogP contribution in [0, 0.1) is 6.92 Å². The van der Waals surface area contributed by atoms with E-state index in [1.807, 2.05) is 19.1 Å². The molecule has 0 radical (unpaired) electrons. The summed E-state index contributed by atoms with van der Waals surface area (Å²) in [5.74, 6) is 0.166. The van der Waals surface area contributed by atoms with E-state index in [0.717, 1.165) is 36.2 Å². The SMILES string of the molecule is CCC(=O)CCOCCOCCNC(=O)CCCCCN1C(=CC=CC=CC2=[N+](C)c3ccc(C)cc3C2(C)C)C(C)(C)c2cc(S(=O)(=O)O)ccc21. The quantitative estimate of drug-likeness (QED) is 0.0635. The van der Waals surface area contributed by atoms with Crippen molar-refractivity contribution in [3.63, 3.8) is 0 Å². The Balaban J connectivity index is 1.33. The van der Waals surface area contributed by atoms with Crippen molar-refractivity contribution in [2.75, 3.05) is 51.5 Å². The number of allylic oxidation sites excluding steroid dienone is 6. The number of carbonyl (C=O) groups is 2. The number of carbonyl (C=O) groups excluding carboxylic acids is 2. The maximum absolute atomic E-state index is 12.4. The molecule has 4 rings (SSSR count). The number of hydrogen-bond donors (Lipinski definition) is 2. The number of nitrogens with zero attached hydrogens (tertiary/aromatic N) is 2. The fourth-order valence-electron chi connectivity index (χ4n) is 7.13. The van der Waals surface area contributed by atoms with E-state index >= 15 is 0 Å². The Morgan fingerprint density at radius 1 is 0.887 bits per heavy atom. The van der Waals surface area contributed by atoms with Gasteiger partial charge in [0, 0.05) is 66.9 Å². The largest absolute Gasteiger partial charge is 0.379 e. The van der Waals surface area contributed by atoms with Gasteiger partial charge in [-0.05, 0) is 69.5 Å². The van der Waals surface area contributed by atoms with Crippen molar-refractivity contribution in [2.45, 2.75) is 95.8 Å². The van der Waals surface area contributed by atoms with E-state index in [0.29, 0.717) is 58.8 Å². The lowest BCUT2D eigenvalue weighted by atomic mass is 9.81. The summed E-state index contributed by atoms with van der Waals surface area (Å²) in [6.45, 7) is 15.3. The number of nitrogens with one attached hydrogen (secondary N) is 1. The van der Waals surface area contributed by atoms with Crippen molar-refractivity contribution in [1.29, 1.82) is 0 Å². The highest BCUT2D eigenvalue weighted by molar-refractivity contribution is 7.85. The highest BCUT2D eigenvalue weighted by atomic mass is 32.2. The van der Waals surface area contributed by atoms with Crippen molar-refractivity contribution in [2.24, 2.45) is 0 Å². The molecule has 2 aliphatic heterocycles. The Labute approximate surface area is 316 Å². The van der Waals surface area contributed by atoms with Crippen LogP contribution < -0.4 is 10.2 Å². The molecule has 2 aliphatic rings. The standard InChI is InChI=1S/C42H57N3O7S/c1-8-32(46)22-25-51-27-28-52-26-23-43-40(47)17-13-10-14-24-45-37-21-19-33(53(48,49)50)30-35(37)42(5,6)39(45)16-12-9-11-15-38-41(3,4)34-29-31(2)18-20-36(34)44(38)7/h9,11-12,15-16,18-21,29-30H,8,10,13-14,17,22-28H2,1-7H3,(H-,43,47,48,49,50)/p+1. The van der Waals surface area contributed by atoms with Crippen molar-refractivity contribution in [1.82, 2.24) is 5.32 Å². The first-order valence-electron chi connectivity index (χ1n) is 18.7. The topological polar surface area (TPSA) is 125 Å². The molecule has 0 bridgehead atoms. The Hall–Kier alpha value is -3.90. The van der Waals surface area contributed by atoms with Crippen LogP contribution in [0.3, 0.4) is 0 Å². The van der Waals surface area contributed by atoms with Crippen LogP contribution in [-0.2, 0) is 40.0 Å². The first kappa shape index (κ1) is 41.9. The predicted molar refractivity (Wildman–Crippen MR) is 211 cm³/mol. The Morgan fingerprint density at radius 2 is 1.62 bits per heavy atom. The van der Waals surface area contributed by atoms with Gasteiger partial charge in [0.05, 0.1) is 36.7 Å². The lowest BCUT2D eigenvalue weighted by Gasteiger charge is -2.27. The van der Waals surface area contributed by atoms with Gasteiger partial charge in [-0.15, -0.1) is 0 Å². The fraction of sp³-hybridized carbons (Fsp3) is 0.500. The molecule has 0 fully saturated rings. The summed E-state index contributed by atoms with van der Waals surface area (Å²) in [5.41, 5.74) is 7.12. The molecule has 0 aliphatic carbocycles. The summed E-state index contributed by atoms with van der Waals surface area (Å²) >= 11 is 0. The van der Waals surface area contributed by atoms with E-state index in [1.165, 1.54) is 28.6 Å². The number of benzene rings is 2. The molecule has 0 aromatic heterocycles. The van der Waals surface area contributed by atoms with Crippen LogP contribution >= 0.6 is 0 Å². The summed E-state index contributed by atoms with van der Waals surface area (Å²) in [6, 6.07) is 11.4. The van der Waals surface area contributed by atoms with Gasteiger partial charge in [-0.25, -0.2) is 0 Å². The van der Waals surface area contributed by atoms with Crippen LogP contribution in [0.2, 0.25) is 0 Å². The maximum Gasteiger partial charge on any atom is 0.294 e. The minimum Gasteiger partial charge on any atom is -0.379 e. The number of unbranched alkanes of at least 4 members (excludes halogenated alkanes) is 2. The third-order valence-electron chi connectivity index (χ3n) is 10.2. The van der Waals surface area contributed by atoms with Crippen molar-refractivity contribution in [3.05, 3.63) is 89.2 Å². The normalized spacial score (nSPS) is 17.0. The lowest BCUT2D eigenvalue weighted by Crippen LogP contribution is -2.28. The van der Waals surface area contributed by atoms with E-state index in [2.05, 4.69) is 92.9 Å². The first-order chi connectivity index (χ1) is 25.1. The number of anilines is 1.